The summed E-state index contributed by atoms with van der Waals surface area (Å²) in [5.41, 5.74) is 5.44. The number of rotatable bonds is 5. The van der Waals surface area contributed by atoms with Crippen LogP contribution in [-0.4, -0.2) is 40.3 Å². The number of piperazine rings is 1. The fourth-order valence-electron chi connectivity index (χ4n) is 4.23. The van der Waals surface area contributed by atoms with Crippen LogP contribution in [0.25, 0.3) is 22.2 Å². The van der Waals surface area contributed by atoms with Crippen LogP contribution in [0.2, 0.25) is 0 Å². The molecule has 1 aliphatic heterocycles. The first-order valence-electron chi connectivity index (χ1n) is 10.7. The van der Waals surface area contributed by atoms with E-state index in [1.54, 1.807) is 0 Å². The molecule has 4 nitrogen and oxygen atoms in total. The average Bonchev–Trinajstić information content (AvgIpc) is 2.82. The largest absolute Gasteiger partial charge is 0.336 e. The van der Waals surface area contributed by atoms with Crippen molar-refractivity contribution in [2.24, 2.45) is 0 Å². The number of hydrogen-bond acceptors (Lipinski definition) is 3. The molecule has 31 heavy (non-hydrogen) atoms. The number of para-hydroxylation sites is 1. The van der Waals surface area contributed by atoms with E-state index in [-0.39, 0.29) is 5.91 Å². The Labute approximate surface area is 182 Å². The van der Waals surface area contributed by atoms with Gasteiger partial charge in [-0.3, -0.25) is 9.69 Å². The number of nitrogens with zero attached hydrogens (tertiary/aromatic N) is 3. The Balaban J connectivity index is 1.37. The Bertz CT molecular complexity index is 1190. The molecule has 4 heteroatoms. The normalized spacial score (nSPS) is 14.8. The molecule has 0 N–H and O–H groups in total. The van der Waals surface area contributed by atoms with Crippen molar-refractivity contribution in [2.45, 2.75) is 13.1 Å². The lowest BCUT2D eigenvalue weighted by Gasteiger charge is -2.34. The van der Waals surface area contributed by atoms with Gasteiger partial charge in [0.05, 0.1) is 17.8 Å². The predicted octanol–water partition coefficient (Wildman–Crippen LogP) is 4.75. The smallest absolute Gasteiger partial charge is 0.237 e. The van der Waals surface area contributed by atoms with E-state index in [0.717, 1.165) is 40.8 Å². The summed E-state index contributed by atoms with van der Waals surface area (Å²) in [6.45, 7) is 3.44. The number of amides is 1. The number of benzene rings is 3. The number of hydrogen-bond donors (Lipinski definition) is 0. The minimum absolute atomic E-state index is 0.185. The van der Waals surface area contributed by atoms with Gasteiger partial charge in [-0.2, -0.15) is 0 Å². The summed E-state index contributed by atoms with van der Waals surface area (Å²) in [6, 6.07) is 31.0. The van der Waals surface area contributed by atoms with Gasteiger partial charge in [0.15, 0.2) is 0 Å². The topological polar surface area (TPSA) is 36.4 Å². The minimum Gasteiger partial charge on any atom is -0.336 e. The van der Waals surface area contributed by atoms with Gasteiger partial charge in [-0.15, -0.1) is 0 Å². The molecule has 0 unspecified atom stereocenters. The van der Waals surface area contributed by atoms with Crippen LogP contribution in [0.4, 0.5) is 0 Å². The maximum absolute atomic E-state index is 12.8. The Hall–Kier alpha value is -3.50. The number of fused-ring (bicyclic) bond motifs is 1. The van der Waals surface area contributed by atoms with Gasteiger partial charge in [0.2, 0.25) is 5.91 Å². The molecule has 5 rings (SSSR count). The lowest BCUT2D eigenvalue weighted by molar-refractivity contribution is -0.136. The van der Waals surface area contributed by atoms with Crippen LogP contribution in [0.5, 0.6) is 0 Å². The van der Waals surface area contributed by atoms with E-state index < -0.39 is 0 Å². The number of carbonyl (C=O) groups is 1. The van der Waals surface area contributed by atoms with Gasteiger partial charge in [0.1, 0.15) is 0 Å². The Morgan fingerprint density at radius 1 is 0.774 bits per heavy atom. The molecule has 3 aromatic carbocycles. The van der Waals surface area contributed by atoms with Crippen LogP contribution in [-0.2, 0) is 17.9 Å². The molecule has 2 heterocycles. The molecule has 0 bridgehead atoms. The monoisotopic (exact) mass is 407 g/mol. The van der Waals surface area contributed by atoms with Crippen molar-refractivity contribution in [3.63, 3.8) is 0 Å². The van der Waals surface area contributed by atoms with Gasteiger partial charge >= 0.3 is 0 Å². The zero-order valence-corrected chi connectivity index (χ0v) is 17.4. The highest BCUT2D eigenvalue weighted by molar-refractivity contribution is 5.83. The van der Waals surface area contributed by atoms with E-state index in [1.807, 2.05) is 53.4 Å². The van der Waals surface area contributed by atoms with Gasteiger partial charge in [-0.25, -0.2) is 4.98 Å². The summed E-state index contributed by atoms with van der Waals surface area (Å²) in [4.78, 5) is 22.0. The quantitative estimate of drug-likeness (QED) is 0.479. The predicted molar refractivity (Wildman–Crippen MR) is 124 cm³/mol. The molecule has 4 aromatic rings. The van der Waals surface area contributed by atoms with Crippen LogP contribution in [0.3, 0.4) is 0 Å². The van der Waals surface area contributed by atoms with E-state index in [4.69, 9.17) is 4.98 Å². The summed E-state index contributed by atoms with van der Waals surface area (Å²) in [5, 5.41) is 1.13. The van der Waals surface area contributed by atoms with Crippen LogP contribution in [0.15, 0.2) is 91.0 Å². The zero-order valence-electron chi connectivity index (χ0n) is 17.4. The van der Waals surface area contributed by atoms with Crippen molar-refractivity contribution >= 4 is 16.8 Å². The van der Waals surface area contributed by atoms with Crippen molar-refractivity contribution in [3.05, 3.63) is 102 Å². The summed E-state index contributed by atoms with van der Waals surface area (Å²) >= 11 is 0. The fraction of sp³-hybridized carbons (Fsp3) is 0.185. The third kappa shape index (κ3) is 4.35. The fourth-order valence-corrected chi connectivity index (χ4v) is 4.23. The lowest BCUT2D eigenvalue weighted by atomic mass is 10.0. The minimum atomic E-state index is 0.185. The van der Waals surface area contributed by atoms with Crippen LogP contribution >= 0.6 is 0 Å². The molecule has 0 radical (unpaired) electrons. The standard InChI is InChI=1S/C27H25N3O/c31-26-20-29(15-16-30(26)18-21-9-3-1-4-10-21)19-24-17-23-13-7-8-14-25(23)28-27(24)22-11-5-2-6-12-22/h1-14,17H,15-16,18-20H2. The van der Waals surface area contributed by atoms with Crippen molar-refractivity contribution in [3.8, 4) is 11.3 Å². The molecular formula is C27H25N3O. The maximum atomic E-state index is 12.8. The second-order valence-corrected chi connectivity index (χ2v) is 8.07. The second kappa shape index (κ2) is 8.70. The summed E-state index contributed by atoms with van der Waals surface area (Å²) in [5.74, 6) is 0.185. The van der Waals surface area contributed by atoms with E-state index in [9.17, 15) is 4.79 Å². The van der Waals surface area contributed by atoms with Gasteiger partial charge in [-0.05, 0) is 23.3 Å². The number of aromatic nitrogens is 1. The van der Waals surface area contributed by atoms with E-state index in [2.05, 4.69) is 47.4 Å². The molecule has 154 valence electrons. The summed E-state index contributed by atoms with van der Waals surface area (Å²) in [7, 11) is 0. The molecule has 0 spiro atoms. The van der Waals surface area contributed by atoms with Crippen molar-refractivity contribution in [2.75, 3.05) is 19.6 Å². The average molecular weight is 408 g/mol. The molecule has 1 fully saturated rings. The number of carbonyl (C=O) groups excluding carboxylic acids is 1. The first-order valence-corrected chi connectivity index (χ1v) is 10.7. The second-order valence-electron chi connectivity index (χ2n) is 8.07. The van der Waals surface area contributed by atoms with Crippen LogP contribution in [0, 0.1) is 0 Å². The molecule has 1 aliphatic rings. The maximum Gasteiger partial charge on any atom is 0.237 e. The van der Waals surface area contributed by atoms with Crippen molar-refractivity contribution in [1.29, 1.82) is 0 Å². The first kappa shape index (κ1) is 19.5. The molecular weight excluding hydrogens is 382 g/mol. The van der Waals surface area contributed by atoms with Gasteiger partial charge in [0.25, 0.3) is 0 Å². The van der Waals surface area contributed by atoms with Gasteiger partial charge in [0, 0.05) is 37.1 Å². The van der Waals surface area contributed by atoms with Crippen LogP contribution in [0.1, 0.15) is 11.1 Å². The Morgan fingerprint density at radius 3 is 2.26 bits per heavy atom. The number of pyridine rings is 1. The highest BCUT2D eigenvalue weighted by atomic mass is 16.2. The molecule has 0 aliphatic carbocycles. The third-order valence-electron chi connectivity index (χ3n) is 5.86. The van der Waals surface area contributed by atoms with Gasteiger partial charge in [-0.1, -0.05) is 78.9 Å². The molecule has 1 amide bonds. The zero-order chi connectivity index (χ0) is 21.0. The third-order valence-corrected chi connectivity index (χ3v) is 5.86. The van der Waals surface area contributed by atoms with E-state index >= 15 is 0 Å². The van der Waals surface area contributed by atoms with Crippen molar-refractivity contribution < 1.29 is 4.79 Å². The molecule has 0 atom stereocenters. The van der Waals surface area contributed by atoms with Crippen LogP contribution < -0.4 is 0 Å². The SMILES string of the molecule is O=C1CN(Cc2cc3ccccc3nc2-c2ccccc2)CCN1Cc1ccccc1. The summed E-state index contributed by atoms with van der Waals surface area (Å²) in [6.07, 6.45) is 0. The molecule has 1 saturated heterocycles. The Kier molecular flexibility index (Phi) is 5.46. The van der Waals surface area contributed by atoms with E-state index in [0.29, 0.717) is 19.6 Å². The highest BCUT2D eigenvalue weighted by Gasteiger charge is 2.25. The molecule has 1 aromatic heterocycles. The summed E-state index contributed by atoms with van der Waals surface area (Å²) < 4.78 is 0. The van der Waals surface area contributed by atoms with E-state index in [1.165, 1.54) is 5.56 Å². The lowest BCUT2D eigenvalue weighted by Crippen LogP contribution is -2.49. The first-order chi connectivity index (χ1) is 15.3. The van der Waals surface area contributed by atoms with Gasteiger partial charge < -0.3 is 4.90 Å². The molecule has 0 saturated carbocycles. The van der Waals surface area contributed by atoms with Crippen molar-refractivity contribution in [1.82, 2.24) is 14.8 Å². The highest BCUT2D eigenvalue weighted by Crippen LogP contribution is 2.27. The Morgan fingerprint density at radius 2 is 1.48 bits per heavy atom.